The van der Waals surface area contributed by atoms with Crippen molar-refractivity contribution in [3.63, 3.8) is 0 Å². The molecule has 0 saturated carbocycles. The van der Waals surface area contributed by atoms with Crippen molar-refractivity contribution in [1.29, 1.82) is 5.26 Å². The molecular formula is C19H18FN3O2. The number of hydrogen-bond donors (Lipinski definition) is 0. The van der Waals surface area contributed by atoms with Gasteiger partial charge in [0.2, 0.25) is 0 Å². The number of halogens is 1. The average molecular weight is 339 g/mol. The highest BCUT2D eigenvalue weighted by atomic mass is 19.1. The molecule has 6 heteroatoms. The summed E-state index contributed by atoms with van der Waals surface area (Å²) in [5.41, 5.74) is 0.773. The third kappa shape index (κ3) is 3.95. The van der Waals surface area contributed by atoms with Crippen LogP contribution in [0.3, 0.4) is 0 Å². The van der Waals surface area contributed by atoms with Crippen LogP contribution in [-0.2, 0) is 4.79 Å². The van der Waals surface area contributed by atoms with E-state index in [-0.39, 0.29) is 17.3 Å². The molecule has 0 radical (unpaired) electrons. The van der Waals surface area contributed by atoms with Gasteiger partial charge in [-0.3, -0.25) is 4.79 Å². The molecule has 5 nitrogen and oxygen atoms in total. The third-order valence-corrected chi connectivity index (χ3v) is 4.18. The zero-order valence-electron chi connectivity index (χ0n) is 13.9. The standard InChI is InChI=1S/C19H18FN3O2/c1-22-8-10-23(11-9-22)19(24)15(13-21)12-17-6-7-18(25-17)14-2-4-16(20)5-3-14/h2-7,12H,8-11H2,1H3/b15-12+. The minimum atomic E-state index is -0.319. The molecule has 1 amide bonds. The van der Waals surface area contributed by atoms with Gasteiger partial charge in [-0.15, -0.1) is 0 Å². The van der Waals surface area contributed by atoms with Crippen LogP contribution < -0.4 is 0 Å². The fraction of sp³-hybridized carbons (Fsp3) is 0.263. The summed E-state index contributed by atoms with van der Waals surface area (Å²) in [6.45, 7) is 2.79. The Morgan fingerprint density at radius 1 is 1.16 bits per heavy atom. The Morgan fingerprint density at radius 3 is 2.48 bits per heavy atom. The number of carbonyl (C=O) groups is 1. The van der Waals surface area contributed by atoms with E-state index in [0.29, 0.717) is 24.6 Å². The number of benzene rings is 1. The van der Waals surface area contributed by atoms with Gasteiger partial charge >= 0.3 is 0 Å². The van der Waals surface area contributed by atoms with Gasteiger partial charge in [-0.05, 0) is 43.4 Å². The molecule has 128 valence electrons. The van der Waals surface area contributed by atoms with Crippen LogP contribution in [0.5, 0.6) is 0 Å². The maximum absolute atomic E-state index is 13.0. The lowest BCUT2D eigenvalue weighted by molar-refractivity contribution is -0.128. The number of nitriles is 1. The molecule has 1 aliphatic heterocycles. The maximum atomic E-state index is 13.0. The van der Waals surface area contributed by atoms with Gasteiger partial charge in [0.05, 0.1) is 0 Å². The first-order valence-corrected chi connectivity index (χ1v) is 8.02. The fourth-order valence-corrected chi connectivity index (χ4v) is 2.66. The van der Waals surface area contributed by atoms with Crippen LogP contribution in [0.4, 0.5) is 4.39 Å². The van der Waals surface area contributed by atoms with E-state index in [1.54, 1.807) is 29.2 Å². The van der Waals surface area contributed by atoms with Crippen molar-refractivity contribution in [3.8, 4) is 17.4 Å². The quantitative estimate of drug-likeness (QED) is 0.637. The fourth-order valence-electron chi connectivity index (χ4n) is 2.66. The van der Waals surface area contributed by atoms with Gasteiger partial charge in [-0.1, -0.05) is 0 Å². The van der Waals surface area contributed by atoms with Crippen molar-refractivity contribution in [2.24, 2.45) is 0 Å². The summed E-state index contributed by atoms with van der Waals surface area (Å²) in [6, 6.07) is 11.3. The third-order valence-electron chi connectivity index (χ3n) is 4.18. The number of likely N-dealkylation sites (N-methyl/N-ethyl adjacent to an activating group) is 1. The Hall–Kier alpha value is -2.91. The molecular weight excluding hydrogens is 321 g/mol. The van der Waals surface area contributed by atoms with Gasteiger partial charge in [0.15, 0.2) is 0 Å². The highest BCUT2D eigenvalue weighted by Crippen LogP contribution is 2.24. The number of nitrogens with zero attached hydrogens (tertiary/aromatic N) is 3. The summed E-state index contributed by atoms with van der Waals surface area (Å²) < 4.78 is 18.7. The van der Waals surface area contributed by atoms with Crippen LogP contribution in [0.2, 0.25) is 0 Å². The SMILES string of the molecule is CN1CCN(C(=O)/C(C#N)=C/c2ccc(-c3ccc(F)cc3)o2)CC1. The maximum Gasteiger partial charge on any atom is 0.264 e. The molecule has 2 heterocycles. The van der Waals surface area contributed by atoms with E-state index in [4.69, 9.17) is 4.42 Å². The molecule has 0 unspecified atom stereocenters. The van der Waals surface area contributed by atoms with Crippen LogP contribution in [0.15, 0.2) is 46.4 Å². The average Bonchev–Trinajstić information content (AvgIpc) is 3.09. The first kappa shape index (κ1) is 16.9. The van der Waals surface area contributed by atoms with E-state index in [1.165, 1.54) is 18.2 Å². The Balaban J connectivity index is 1.77. The normalized spacial score (nSPS) is 15.9. The Labute approximate surface area is 145 Å². The Kier molecular flexibility index (Phi) is 4.96. The molecule has 0 N–H and O–H groups in total. The number of amides is 1. The first-order chi connectivity index (χ1) is 12.1. The second kappa shape index (κ2) is 7.32. The molecule has 2 aromatic rings. The van der Waals surface area contributed by atoms with Crippen LogP contribution in [-0.4, -0.2) is 48.9 Å². The summed E-state index contributed by atoms with van der Waals surface area (Å²) in [5.74, 6) is 0.365. The van der Waals surface area contributed by atoms with Crippen molar-refractivity contribution < 1.29 is 13.6 Å². The second-order valence-electron chi connectivity index (χ2n) is 5.97. The van der Waals surface area contributed by atoms with Crippen LogP contribution in [0.25, 0.3) is 17.4 Å². The smallest absolute Gasteiger partial charge is 0.264 e. The lowest BCUT2D eigenvalue weighted by Crippen LogP contribution is -2.47. The highest BCUT2D eigenvalue weighted by Gasteiger charge is 2.22. The first-order valence-electron chi connectivity index (χ1n) is 8.02. The van der Waals surface area contributed by atoms with E-state index in [0.717, 1.165) is 18.7 Å². The van der Waals surface area contributed by atoms with Crippen molar-refractivity contribution in [2.45, 2.75) is 0 Å². The van der Waals surface area contributed by atoms with Crippen LogP contribution in [0.1, 0.15) is 5.76 Å². The Morgan fingerprint density at radius 2 is 1.84 bits per heavy atom. The van der Waals surface area contributed by atoms with Crippen LogP contribution >= 0.6 is 0 Å². The largest absolute Gasteiger partial charge is 0.457 e. The molecule has 1 aliphatic rings. The monoisotopic (exact) mass is 339 g/mol. The van der Waals surface area contributed by atoms with Crippen molar-refractivity contribution >= 4 is 12.0 Å². The van der Waals surface area contributed by atoms with E-state index in [2.05, 4.69) is 4.90 Å². The lowest BCUT2D eigenvalue weighted by atomic mass is 10.2. The summed E-state index contributed by atoms with van der Waals surface area (Å²) in [4.78, 5) is 16.3. The van der Waals surface area contributed by atoms with Gasteiger partial charge in [0.25, 0.3) is 5.91 Å². The Bertz CT molecular complexity index is 825. The topological polar surface area (TPSA) is 60.5 Å². The molecule has 0 atom stereocenters. The lowest BCUT2D eigenvalue weighted by Gasteiger charge is -2.32. The minimum absolute atomic E-state index is 0.0459. The van der Waals surface area contributed by atoms with Gasteiger partial charge in [0.1, 0.15) is 29.0 Å². The van der Waals surface area contributed by atoms with Crippen molar-refractivity contribution in [2.75, 3.05) is 33.2 Å². The van der Waals surface area contributed by atoms with Crippen molar-refractivity contribution in [3.05, 3.63) is 53.5 Å². The van der Waals surface area contributed by atoms with Gasteiger partial charge in [-0.25, -0.2) is 4.39 Å². The number of rotatable bonds is 3. The van der Waals surface area contributed by atoms with E-state index in [1.807, 2.05) is 13.1 Å². The molecule has 0 aliphatic carbocycles. The van der Waals surface area contributed by atoms with Crippen LogP contribution in [0, 0.1) is 17.1 Å². The molecule has 1 aromatic heterocycles. The summed E-state index contributed by atoms with van der Waals surface area (Å²) in [7, 11) is 2.00. The number of piperazine rings is 1. The number of carbonyl (C=O) groups excluding carboxylic acids is 1. The number of furan rings is 1. The number of hydrogen-bond acceptors (Lipinski definition) is 4. The summed E-state index contributed by atoms with van der Waals surface area (Å²) >= 11 is 0. The molecule has 3 rings (SSSR count). The molecule has 1 saturated heterocycles. The zero-order chi connectivity index (χ0) is 17.8. The second-order valence-corrected chi connectivity index (χ2v) is 5.97. The van der Waals surface area contributed by atoms with Gasteiger partial charge in [-0.2, -0.15) is 5.26 Å². The summed E-state index contributed by atoms with van der Waals surface area (Å²) in [6.07, 6.45) is 1.45. The van der Waals surface area contributed by atoms with Gasteiger partial charge < -0.3 is 14.2 Å². The molecule has 1 aromatic carbocycles. The zero-order valence-corrected chi connectivity index (χ0v) is 13.9. The summed E-state index contributed by atoms with van der Waals surface area (Å²) in [5, 5.41) is 9.34. The molecule has 1 fully saturated rings. The van der Waals surface area contributed by atoms with Gasteiger partial charge in [0, 0.05) is 37.8 Å². The van der Waals surface area contributed by atoms with E-state index < -0.39 is 0 Å². The minimum Gasteiger partial charge on any atom is -0.457 e. The van der Waals surface area contributed by atoms with E-state index in [9.17, 15) is 14.4 Å². The van der Waals surface area contributed by atoms with Crippen molar-refractivity contribution in [1.82, 2.24) is 9.80 Å². The molecule has 25 heavy (non-hydrogen) atoms. The highest BCUT2D eigenvalue weighted by molar-refractivity contribution is 6.01. The molecule has 0 spiro atoms. The van der Waals surface area contributed by atoms with E-state index >= 15 is 0 Å². The molecule has 0 bridgehead atoms. The predicted molar refractivity (Wildman–Crippen MR) is 91.8 cm³/mol. The predicted octanol–water partition coefficient (Wildman–Crippen LogP) is 2.77.